The normalized spacial score (nSPS) is 10.4. The van der Waals surface area contributed by atoms with Crippen molar-refractivity contribution in [1.29, 1.82) is 0 Å². The van der Waals surface area contributed by atoms with Crippen LogP contribution < -0.4 is 15.0 Å². The van der Waals surface area contributed by atoms with Crippen molar-refractivity contribution in [3.05, 3.63) is 58.1 Å². The van der Waals surface area contributed by atoms with Crippen molar-refractivity contribution in [2.24, 2.45) is 0 Å². The fourth-order valence-electron chi connectivity index (χ4n) is 2.71. The van der Waals surface area contributed by atoms with Crippen molar-refractivity contribution >= 4 is 11.7 Å². The van der Waals surface area contributed by atoms with Crippen molar-refractivity contribution in [2.45, 2.75) is 34.3 Å². The van der Waals surface area contributed by atoms with Crippen molar-refractivity contribution < 1.29 is 9.53 Å². The minimum atomic E-state index is -0.149. The summed E-state index contributed by atoms with van der Waals surface area (Å²) in [5.74, 6) is 0.884. The van der Waals surface area contributed by atoms with Gasteiger partial charge in [0, 0.05) is 19.7 Å². The Morgan fingerprint density at radius 3 is 2.38 bits per heavy atom. The van der Waals surface area contributed by atoms with Crippen LogP contribution in [0, 0.1) is 27.7 Å². The third-order valence-corrected chi connectivity index (χ3v) is 4.43. The molecule has 0 bridgehead atoms. The number of anilines is 1. The predicted octanol–water partition coefficient (Wildman–Crippen LogP) is 4.27. The van der Waals surface area contributed by atoms with Gasteiger partial charge in [-0.1, -0.05) is 18.2 Å². The zero-order valence-electron chi connectivity index (χ0n) is 15.4. The van der Waals surface area contributed by atoms with Gasteiger partial charge in [-0.15, -0.1) is 0 Å². The van der Waals surface area contributed by atoms with Crippen LogP contribution >= 0.6 is 0 Å². The first-order chi connectivity index (χ1) is 11.3. The van der Waals surface area contributed by atoms with Crippen LogP contribution in [-0.4, -0.2) is 20.1 Å². The quantitative estimate of drug-likeness (QED) is 0.911. The van der Waals surface area contributed by atoms with Crippen LogP contribution in [0.1, 0.15) is 27.8 Å². The number of hydrogen-bond donors (Lipinski definition) is 1. The van der Waals surface area contributed by atoms with Gasteiger partial charge in [-0.2, -0.15) is 0 Å². The number of benzene rings is 2. The standard InChI is InChI=1S/C20H26N2O2/c1-13-8-7-9-18(22(6)20(23)21-5)17(13)12-24-19-11-15(3)14(2)10-16(19)4/h7-11H,12H2,1-6H3,(H,21,23). The number of urea groups is 1. The van der Waals surface area contributed by atoms with Crippen LogP contribution in [0.4, 0.5) is 10.5 Å². The molecule has 128 valence electrons. The molecule has 2 aromatic rings. The number of nitrogens with one attached hydrogen (secondary N) is 1. The molecule has 24 heavy (non-hydrogen) atoms. The van der Waals surface area contributed by atoms with E-state index in [4.69, 9.17) is 4.74 Å². The topological polar surface area (TPSA) is 41.6 Å². The second kappa shape index (κ2) is 7.39. The summed E-state index contributed by atoms with van der Waals surface area (Å²) in [7, 11) is 3.39. The maximum absolute atomic E-state index is 12.0. The highest BCUT2D eigenvalue weighted by atomic mass is 16.5. The molecule has 1 N–H and O–H groups in total. The lowest BCUT2D eigenvalue weighted by atomic mass is 10.1. The van der Waals surface area contributed by atoms with E-state index < -0.39 is 0 Å². The van der Waals surface area contributed by atoms with Crippen LogP contribution in [0.25, 0.3) is 0 Å². The molecule has 0 aliphatic rings. The molecule has 2 aromatic carbocycles. The first-order valence-corrected chi connectivity index (χ1v) is 8.09. The average molecular weight is 326 g/mol. The average Bonchev–Trinajstić information content (AvgIpc) is 2.56. The zero-order valence-corrected chi connectivity index (χ0v) is 15.4. The first kappa shape index (κ1) is 17.9. The second-order valence-corrected chi connectivity index (χ2v) is 6.18. The van der Waals surface area contributed by atoms with E-state index in [1.54, 1.807) is 19.0 Å². The molecule has 0 fully saturated rings. The SMILES string of the molecule is CNC(=O)N(C)c1cccc(C)c1COc1cc(C)c(C)cc1C. The lowest BCUT2D eigenvalue weighted by Gasteiger charge is -2.22. The van der Waals surface area contributed by atoms with Crippen LogP contribution in [0.2, 0.25) is 0 Å². The Hall–Kier alpha value is -2.49. The molecular weight excluding hydrogens is 300 g/mol. The van der Waals surface area contributed by atoms with Gasteiger partial charge >= 0.3 is 6.03 Å². The number of rotatable bonds is 4. The molecule has 0 aliphatic carbocycles. The molecule has 0 radical (unpaired) electrons. The smallest absolute Gasteiger partial charge is 0.321 e. The molecule has 4 nitrogen and oxygen atoms in total. The molecule has 2 rings (SSSR count). The van der Waals surface area contributed by atoms with Crippen molar-refractivity contribution in [3.63, 3.8) is 0 Å². The van der Waals surface area contributed by atoms with Gasteiger partial charge in [0.15, 0.2) is 0 Å². The highest BCUT2D eigenvalue weighted by Crippen LogP contribution is 2.27. The Kier molecular flexibility index (Phi) is 5.50. The van der Waals surface area contributed by atoms with Gasteiger partial charge in [0.1, 0.15) is 12.4 Å². The van der Waals surface area contributed by atoms with Gasteiger partial charge in [-0.25, -0.2) is 4.79 Å². The van der Waals surface area contributed by atoms with Gasteiger partial charge in [-0.3, -0.25) is 4.90 Å². The maximum atomic E-state index is 12.0. The fourth-order valence-corrected chi connectivity index (χ4v) is 2.71. The van der Waals surface area contributed by atoms with E-state index in [0.29, 0.717) is 6.61 Å². The van der Waals surface area contributed by atoms with Crippen LogP contribution in [-0.2, 0) is 6.61 Å². The molecule has 0 aliphatic heterocycles. The third-order valence-electron chi connectivity index (χ3n) is 4.43. The van der Waals surface area contributed by atoms with Gasteiger partial charge in [0.25, 0.3) is 0 Å². The minimum Gasteiger partial charge on any atom is -0.489 e. The molecule has 0 spiro atoms. The van der Waals surface area contributed by atoms with Crippen LogP contribution in [0.5, 0.6) is 5.75 Å². The Bertz CT molecular complexity index is 754. The molecule has 0 unspecified atom stereocenters. The first-order valence-electron chi connectivity index (χ1n) is 8.09. The Labute approximate surface area is 144 Å². The number of amides is 2. The Morgan fingerprint density at radius 2 is 1.71 bits per heavy atom. The summed E-state index contributed by atoms with van der Waals surface area (Å²) in [5.41, 5.74) is 6.56. The van der Waals surface area contributed by atoms with Gasteiger partial charge in [0.2, 0.25) is 0 Å². The minimum absolute atomic E-state index is 0.149. The van der Waals surface area contributed by atoms with Gasteiger partial charge in [-0.05, 0) is 62.1 Å². The molecule has 4 heteroatoms. The third kappa shape index (κ3) is 3.70. The monoisotopic (exact) mass is 326 g/mol. The maximum Gasteiger partial charge on any atom is 0.321 e. The lowest BCUT2D eigenvalue weighted by molar-refractivity contribution is 0.249. The fraction of sp³-hybridized carbons (Fsp3) is 0.350. The summed E-state index contributed by atoms with van der Waals surface area (Å²) < 4.78 is 6.09. The number of nitrogens with zero attached hydrogens (tertiary/aromatic N) is 1. The molecule has 2 amide bonds. The van der Waals surface area contributed by atoms with Crippen LogP contribution in [0.3, 0.4) is 0 Å². The van der Waals surface area contributed by atoms with E-state index in [0.717, 1.165) is 28.1 Å². The van der Waals surface area contributed by atoms with E-state index in [9.17, 15) is 4.79 Å². The van der Waals surface area contributed by atoms with E-state index >= 15 is 0 Å². The van der Waals surface area contributed by atoms with E-state index in [1.165, 1.54) is 11.1 Å². The molecule has 0 saturated heterocycles. The number of carbonyl (C=O) groups excluding carboxylic acids is 1. The number of carbonyl (C=O) groups is 1. The van der Waals surface area contributed by atoms with E-state index in [-0.39, 0.29) is 6.03 Å². The molecule has 0 heterocycles. The Balaban J connectivity index is 2.30. The van der Waals surface area contributed by atoms with Crippen molar-refractivity contribution in [3.8, 4) is 5.75 Å². The van der Waals surface area contributed by atoms with Gasteiger partial charge < -0.3 is 10.1 Å². The number of aryl methyl sites for hydroxylation is 4. The van der Waals surface area contributed by atoms with E-state index in [1.807, 2.05) is 25.1 Å². The largest absolute Gasteiger partial charge is 0.489 e. The summed E-state index contributed by atoms with van der Waals surface area (Å²) in [6, 6.07) is 9.99. The van der Waals surface area contributed by atoms with Crippen molar-refractivity contribution in [2.75, 3.05) is 19.0 Å². The predicted molar refractivity (Wildman–Crippen MR) is 99.0 cm³/mol. The van der Waals surface area contributed by atoms with Crippen LogP contribution in [0.15, 0.2) is 30.3 Å². The highest BCUT2D eigenvalue weighted by molar-refractivity contribution is 5.92. The molecular formula is C20H26N2O2. The summed E-state index contributed by atoms with van der Waals surface area (Å²) in [6.45, 7) is 8.70. The Morgan fingerprint density at radius 1 is 1.04 bits per heavy atom. The second-order valence-electron chi connectivity index (χ2n) is 6.18. The molecule has 0 aromatic heterocycles. The lowest BCUT2D eigenvalue weighted by Crippen LogP contribution is -2.35. The summed E-state index contributed by atoms with van der Waals surface area (Å²) in [5, 5.41) is 2.65. The summed E-state index contributed by atoms with van der Waals surface area (Å²) >= 11 is 0. The van der Waals surface area contributed by atoms with E-state index in [2.05, 4.69) is 38.2 Å². The summed E-state index contributed by atoms with van der Waals surface area (Å²) in [6.07, 6.45) is 0. The summed E-state index contributed by atoms with van der Waals surface area (Å²) in [4.78, 5) is 13.6. The molecule has 0 saturated carbocycles. The number of hydrogen-bond acceptors (Lipinski definition) is 2. The van der Waals surface area contributed by atoms with Crippen molar-refractivity contribution in [1.82, 2.24) is 5.32 Å². The highest BCUT2D eigenvalue weighted by Gasteiger charge is 2.15. The zero-order chi connectivity index (χ0) is 17.9. The number of ether oxygens (including phenoxy) is 1. The molecule has 0 atom stereocenters. The van der Waals surface area contributed by atoms with Gasteiger partial charge in [0.05, 0.1) is 5.69 Å².